The van der Waals surface area contributed by atoms with E-state index in [-0.39, 0.29) is 30.0 Å². The monoisotopic (exact) mass is 336 g/mol. The molecule has 1 aliphatic rings. The van der Waals surface area contributed by atoms with Gasteiger partial charge in [0.1, 0.15) is 0 Å². The fourth-order valence-electron chi connectivity index (χ4n) is 1.92. The van der Waals surface area contributed by atoms with Crippen LogP contribution in [-0.2, 0) is 14.4 Å². The maximum Gasteiger partial charge on any atom is 0.313 e. The summed E-state index contributed by atoms with van der Waals surface area (Å²) in [5, 5.41) is 4.43. The standard InChI is InChI=1S/C14H16N4O4S/c1-8-2-3-9(15)10(6-8)17-13(21)12(20)16-4-5-18-11(19)7-23-14(18)22/h2-3,6H,4-5,7,15H2,1H3,(H,16,20)(H,17,21). The van der Waals surface area contributed by atoms with Gasteiger partial charge >= 0.3 is 11.8 Å². The maximum atomic E-state index is 11.8. The first-order valence-corrected chi connectivity index (χ1v) is 7.79. The molecule has 23 heavy (non-hydrogen) atoms. The van der Waals surface area contributed by atoms with Gasteiger partial charge in [0.2, 0.25) is 5.91 Å². The lowest BCUT2D eigenvalue weighted by molar-refractivity contribution is -0.136. The number of aryl methyl sites for hydroxylation is 1. The van der Waals surface area contributed by atoms with Crippen LogP contribution in [0, 0.1) is 6.92 Å². The highest BCUT2D eigenvalue weighted by Gasteiger charge is 2.29. The number of nitrogens with two attached hydrogens (primary N) is 1. The summed E-state index contributed by atoms with van der Waals surface area (Å²) < 4.78 is 0. The summed E-state index contributed by atoms with van der Waals surface area (Å²) in [4.78, 5) is 47.3. The first-order valence-electron chi connectivity index (χ1n) is 6.81. The van der Waals surface area contributed by atoms with Crippen molar-refractivity contribution in [3.63, 3.8) is 0 Å². The van der Waals surface area contributed by atoms with Crippen molar-refractivity contribution in [3.8, 4) is 0 Å². The van der Waals surface area contributed by atoms with Crippen molar-refractivity contribution in [3.05, 3.63) is 23.8 Å². The molecule has 8 nitrogen and oxygen atoms in total. The normalized spacial score (nSPS) is 14.0. The highest BCUT2D eigenvalue weighted by molar-refractivity contribution is 8.14. The average molecular weight is 336 g/mol. The van der Waals surface area contributed by atoms with Gasteiger partial charge in [0.05, 0.1) is 17.1 Å². The molecular weight excluding hydrogens is 320 g/mol. The van der Waals surface area contributed by atoms with E-state index in [1.54, 1.807) is 18.2 Å². The fourth-order valence-corrected chi connectivity index (χ4v) is 2.67. The quantitative estimate of drug-likeness (QED) is 0.538. The third-order valence-corrected chi connectivity index (χ3v) is 3.98. The van der Waals surface area contributed by atoms with Crippen molar-refractivity contribution in [1.29, 1.82) is 0 Å². The van der Waals surface area contributed by atoms with Crippen molar-refractivity contribution < 1.29 is 19.2 Å². The van der Waals surface area contributed by atoms with Crippen LogP contribution in [0.3, 0.4) is 0 Å². The Morgan fingerprint density at radius 1 is 1.30 bits per heavy atom. The van der Waals surface area contributed by atoms with Crippen LogP contribution in [0.25, 0.3) is 0 Å². The number of carbonyl (C=O) groups is 4. The van der Waals surface area contributed by atoms with E-state index in [0.29, 0.717) is 11.4 Å². The van der Waals surface area contributed by atoms with Crippen molar-refractivity contribution >= 4 is 46.1 Å². The number of nitrogen functional groups attached to an aromatic ring is 1. The molecular formula is C14H16N4O4S. The summed E-state index contributed by atoms with van der Waals surface area (Å²) in [5.41, 5.74) is 7.31. The van der Waals surface area contributed by atoms with Gasteiger partial charge in [-0.1, -0.05) is 17.8 Å². The lowest BCUT2D eigenvalue weighted by Crippen LogP contribution is -2.41. The number of anilines is 2. The molecule has 4 N–H and O–H groups in total. The highest BCUT2D eigenvalue weighted by atomic mass is 32.2. The second-order valence-electron chi connectivity index (χ2n) is 4.90. The Morgan fingerprint density at radius 3 is 2.70 bits per heavy atom. The van der Waals surface area contributed by atoms with Gasteiger partial charge in [0.25, 0.3) is 5.24 Å². The summed E-state index contributed by atoms with van der Waals surface area (Å²) in [5.74, 6) is -1.92. The molecule has 1 fully saturated rings. The fraction of sp³-hybridized carbons (Fsp3) is 0.286. The van der Waals surface area contributed by atoms with E-state index in [9.17, 15) is 19.2 Å². The third-order valence-electron chi connectivity index (χ3n) is 3.12. The molecule has 0 saturated carbocycles. The lowest BCUT2D eigenvalue weighted by Gasteiger charge is -2.13. The second-order valence-corrected chi connectivity index (χ2v) is 5.83. The molecule has 1 saturated heterocycles. The van der Waals surface area contributed by atoms with Crippen LogP contribution in [0.5, 0.6) is 0 Å². The van der Waals surface area contributed by atoms with Crippen LogP contribution < -0.4 is 16.4 Å². The molecule has 0 aromatic heterocycles. The van der Waals surface area contributed by atoms with E-state index in [1.165, 1.54) is 0 Å². The van der Waals surface area contributed by atoms with Crippen LogP contribution in [0.4, 0.5) is 16.2 Å². The van der Waals surface area contributed by atoms with Crippen molar-refractivity contribution in [2.45, 2.75) is 6.92 Å². The lowest BCUT2D eigenvalue weighted by atomic mass is 10.2. The van der Waals surface area contributed by atoms with Crippen LogP contribution in [-0.4, -0.2) is 46.7 Å². The number of nitrogens with zero attached hydrogens (tertiary/aromatic N) is 1. The van der Waals surface area contributed by atoms with E-state index >= 15 is 0 Å². The summed E-state index contributed by atoms with van der Waals surface area (Å²) in [6, 6.07) is 5.07. The molecule has 0 aliphatic carbocycles. The first kappa shape index (κ1) is 16.8. The van der Waals surface area contributed by atoms with E-state index in [0.717, 1.165) is 22.2 Å². The Labute approximate surface area is 136 Å². The van der Waals surface area contributed by atoms with Gasteiger partial charge in [-0.05, 0) is 24.6 Å². The Balaban J connectivity index is 1.83. The maximum absolute atomic E-state index is 11.8. The number of nitrogens with one attached hydrogen (secondary N) is 2. The van der Waals surface area contributed by atoms with Gasteiger partial charge < -0.3 is 16.4 Å². The molecule has 0 radical (unpaired) electrons. The Morgan fingerprint density at radius 2 is 2.04 bits per heavy atom. The number of thioether (sulfide) groups is 1. The molecule has 122 valence electrons. The van der Waals surface area contributed by atoms with E-state index in [1.807, 2.05) is 6.92 Å². The minimum absolute atomic E-state index is 0.00753. The smallest absolute Gasteiger partial charge is 0.313 e. The number of rotatable bonds is 4. The number of imide groups is 1. The minimum Gasteiger partial charge on any atom is -0.397 e. The van der Waals surface area contributed by atoms with Gasteiger partial charge in [-0.3, -0.25) is 24.1 Å². The number of benzene rings is 1. The van der Waals surface area contributed by atoms with Gasteiger partial charge in [-0.2, -0.15) is 0 Å². The number of carbonyl (C=O) groups excluding carboxylic acids is 4. The predicted octanol–water partition coefficient (Wildman–Crippen LogP) is 0.327. The van der Waals surface area contributed by atoms with Crippen molar-refractivity contribution in [1.82, 2.24) is 10.2 Å². The molecule has 1 heterocycles. The SMILES string of the molecule is Cc1ccc(N)c(NC(=O)C(=O)NCCN2C(=O)CSC2=O)c1. The van der Waals surface area contributed by atoms with Crippen LogP contribution in [0.2, 0.25) is 0 Å². The predicted molar refractivity (Wildman–Crippen MR) is 86.8 cm³/mol. The number of hydrogen-bond acceptors (Lipinski definition) is 6. The zero-order chi connectivity index (χ0) is 17.0. The van der Waals surface area contributed by atoms with Crippen molar-refractivity contribution in [2.24, 2.45) is 0 Å². The van der Waals surface area contributed by atoms with E-state index < -0.39 is 11.8 Å². The molecule has 4 amide bonds. The molecule has 9 heteroatoms. The molecule has 0 spiro atoms. The summed E-state index contributed by atoms with van der Waals surface area (Å²) in [7, 11) is 0. The summed E-state index contributed by atoms with van der Waals surface area (Å²) in [6.45, 7) is 1.88. The Hall–Kier alpha value is -2.55. The third kappa shape index (κ3) is 4.22. The van der Waals surface area contributed by atoms with Crippen LogP contribution in [0.1, 0.15) is 5.56 Å². The van der Waals surface area contributed by atoms with Crippen LogP contribution >= 0.6 is 11.8 Å². The molecule has 0 atom stereocenters. The largest absolute Gasteiger partial charge is 0.397 e. The molecule has 0 bridgehead atoms. The van der Waals surface area contributed by atoms with Crippen LogP contribution in [0.15, 0.2) is 18.2 Å². The number of amides is 4. The average Bonchev–Trinajstić information content (AvgIpc) is 2.82. The van der Waals surface area contributed by atoms with Crippen molar-refractivity contribution in [2.75, 3.05) is 29.9 Å². The van der Waals surface area contributed by atoms with Gasteiger partial charge in [-0.25, -0.2) is 0 Å². The summed E-state index contributed by atoms with van der Waals surface area (Å²) >= 11 is 0.915. The minimum atomic E-state index is -0.865. The second kappa shape index (κ2) is 7.14. The van der Waals surface area contributed by atoms with E-state index in [4.69, 9.17) is 5.73 Å². The van der Waals surface area contributed by atoms with Gasteiger partial charge in [0, 0.05) is 13.1 Å². The van der Waals surface area contributed by atoms with Gasteiger partial charge in [-0.15, -0.1) is 0 Å². The molecule has 1 aliphatic heterocycles. The zero-order valence-corrected chi connectivity index (χ0v) is 13.2. The number of hydrogen-bond donors (Lipinski definition) is 3. The molecule has 1 aromatic carbocycles. The summed E-state index contributed by atoms with van der Waals surface area (Å²) in [6.07, 6.45) is 0. The molecule has 0 unspecified atom stereocenters. The Kier molecular flexibility index (Phi) is 5.22. The van der Waals surface area contributed by atoms with E-state index in [2.05, 4.69) is 10.6 Å². The molecule has 2 rings (SSSR count). The highest BCUT2D eigenvalue weighted by Crippen LogP contribution is 2.19. The zero-order valence-electron chi connectivity index (χ0n) is 12.4. The first-order chi connectivity index (χ1) is 10.9. The van der Waals surface area contributed by atoms with Gasteiger partial charge in [0.15, 0.2) is 0 Å². The Bertz CT molecular complexity index is 661. The molecule has 1 aromatic rings. The topological polar surface area (TPSA) is 122 Å².